The fraction of sp³-hybridized carbons (Fsp3) is 0.700. The standard InChI is InChI=1S/C10H14F4O2/c1-2-3-4-5-6-7-9(11,8(15)16)10(12,13)14/h5-6H,2-4,7H2,1H3,(H,15,16)/b6-5+. The minimum atomic E-state index is -5.39. The van der Waals surface area contributed by atoms with Crippen LogP contribution in [0, 0.1) is 0 Å². The second-order valence-corrected chi connectivity index (χ2v) is 3.42. The van der Waals surface area contributed by atoms with Gasteiger partial charge in [-0.15, -0.1) is 0 Å². The molecule has 0 spiro atoms. The number of carbonyl (C=O) groups is 1. The number of allylic oxidation sites excluding steroid dienone is 2. The highest BCUT2D eigenvalue weighted by atomic mass is 19.4. The van der Waals surface area contributed by atoms with Crippen molar-refractivity contribution in [2.45, 2.75) is 44.5 Å². The largest absolute Gasteiger partial charge is 0.479 e. The van der Waals surface area contributed by atoms with E-state index in [-0.39, 0.29) is 0 Å². The average Bonchev–Trinajstić information content (AvgIpc) is 2.15. The zero-order valence-electron chi connectivity index (χ0n) is 8.85. The maximum absolute atomic E-state index is 13.2. The van der Waals surface area contributed by atoms with Crippen molar-refractivity contribution in [1.29, 1.82) is 0 Å². The molecule has 0 heterocycles. The van der Waals surface area contributed by atoms with Crippen LogP contribution in [0.4, 0.5) is 17.6 Å². The first-order chi connectivity index (χ1) is 7.25. The van der Waals surface area contributed by atoms with Crippen LogP contribution in [-0.2, 0) is 4.79 Å². The highest BCUT2D eigenvalue weighted by Gasteiger charge is 2.61. The Labute approximate surface area is 91.0 Å². The van der Waals surface area contributed by atoms with Crippen molar-refractivity contribution in [2.24, 2.45) is 0 Å². The van der Waals surface area contributed by atoms with E-state index >= 15 is 0 Å². The predicted molar refractivity (Wildman–Crippen MR) is 50.8 cm³/mol. The molecule has 16 heavy (non-hydrogen) atoms. The molecule has 1 unspecified atom stereocenters. The molecule has 6 heteroatoms. The van der Waals surface area contributed by atoms with Gasteiger partial charge in [0.15, 0.2) is 0 Å². The minimum absolute atomic E-state index is 0.518. The molecule has 0 aromatic carbocycles. The smallest absolute Gasteiger partial charge is 0.433 e. The van der Waals surface area contributed by atoms with E-state index < -0.39 is 24.2 Å². The number of hydrogen-bond donors (Lipinski definition) is 1. The molecule has 0 aliphatic carbocycles. The van der Waals surface area contributed by atoms with Crippen LogP contribution in [0.25, 0.3) is 0 Å². The van der Waals surface area contributed by atoms with Crippen molar-refractivity contribution >= 4 is 5.97 Å². The summed E-state index contributed by atoms with van der Waals surface area (Å²) in [6.45, 7) is 1.90. The summed E-state index contributed by atoms with van der Waals surface area (Å²) in [7, 11) is 0. The average molecular weight is 242 g/mol. The van der Waals surface area contributed by atoms with Gasteiger partial charge in [-0.2, -0.15) is 13.2 Å². The van der Waals surface area contributed by atoms with Crippen LogP contribution in [0.15, 0.2) is 12.2 Å². The van der Waals surface area contributed by atoms with Gasteiger partial charge >= 0.3 is 17.8 Å². The van der Waals surface area contributed by atoms with Crippen molar-refractivity contribution in [1.82, 2.24) is 0 Å². The number of halogens is 4. The van der Waals surface area contributed by atoms with Crippen LogP contribution in [0.3, 0.4) is 0 Å². The highest BCUT2D eigenvalue weighted by Crippen LogP contribution is 2.37. The van der Waals surface area contributed by atoms with E-state index in [0.29, 0.717) is 6.42 Å². The van der Waals surface area contributed by atoms with E-state index in [1.165, 1.54) is 6.08 Å². The van der Waals surface area contributed by atoms with E-state index in [1.807, 2.05) is 6.92 Å². The second-order valence-electron chi connectivity index (χ2n) is 3.42. The number of aliphatic carboxylic acids is 1. The Morgan fingerprint density at radius 2 is 1.81 bits per heavy atom. The van der Waals surface area contributed by atoms with Gasteiger partial charge in [-0.1, -0.05) is 31.9 Å². The Morgan fingerprint density at radius 1 is 1.25 bits per heavy atom. The zero-order valence-corrected chi connectivity index (χ0v) is 8.85. The van der Waals surface area contributed by atoms with E-state index in [1.54, 1.807) is 0 Å². The summed E-state index contributed by atoms with van der Waals surface area (Å²) in [6.07, 6.45) is -2.13. The summed E-state index contributed by atoms with van der Waals surface area (Å²) in [6, 6.07) is 0. The van der Waals surface area contributed by atoms with Crippen LogP contribution in [0.5, 0.6) is 0 Å². The van der Waals surface area contributed by atoms with Crippen LogP contribution >= 0.6 is 0 Å². The van der Waals surface area contributed by atoms with Gasteiger partial charge in [0.1, 0.15) is 0 Å². The van der Waals surface area contributed by atoms with Crippen LogP contribution < -0.4 is 0 Å². The van der Waals surface area contributed by atoms with Crippen molar-refractivity contribution < 1.29 is 27.5 Å². The number of unbranched alkanes of at least 4 members (excludes halogenated alkanes) is 2. The summed E-state index contributed by atoms with van der Waals surface area (Å²) in [5.74, 6) is -2.50. The molecule has 0 amide bonds. The third kappa shape index (κ3) is 3.83. The first-order valence-electron chi connectivity index (χ1n) is 4.89. The van der Waals surface area contributed by atoms with Gasteiger partial charge in [-0.05, 0) is 6.42 Å². The molecule has 0 saturated heterocycles. The first-order valence-corrected chi connectivity index (χ1v) is 4.89. The lowest BCUT2D eigenvalue weighted by atomic mass is 10.0. The maximum Gasteiger partial charge on any atom is 0.433 e. The second kappa shape index (κ2) is 5.86. The van der Waals surface area contributed by atoms with Crippen LogP contribution in [-0.4, -0.2) is 22.9 Å². The number of alkyl halides is 4. The molecule has 0 bridgehead atoms. The van der Waals surface area contributed by atoms with Gasteiger partial charge in [-0.3, -0.25) is 0 Å². The molecule has 0 aromatic rings. The van der Waals surface area contributed by atoms with Crippen molar-refractivity contribution in [3.8, 4) is 0 Å². The fourth-order valence-corrected chi connectivity index (χ4v) is 1.01. The van der Waals surface area contributed by atoms with E-state index in [2.05, 4.69) is 0 Å². The Balaban J connectivity index is 4.48. The summed E-state index contributed by atoms with van der Waals surface area (Å²) in [5.41, 5.74) is -4.18. The molecule has 0 saturated carbocycles. The van der Waals surface area contributed by atoms with E-state index in [4.69, 9.17) is 5.11 Å². The molecule has 0 radical (unpaired) electrons. The van der Waals surface area contributed by atoms with Crippen molar-refractivity contribution in [3.63, 3.8) is 0 Å². The van der Waals surface area contributed by atoms with Gasteiger partial charge in [0.2, 0.25) is 0 Å². The molecule has 1 N–H and O–H groups in total. The van der Waals surface area contributed by atoms with Crippen LogP contribution in [0.2, 0.25) is 0 Å². The monoisotopic (exact) mass is 242 g/mol. The number of rotatable bonds is 6. The molecule has 1 atom stereocenters. The SMILES string of the molecule is CCCC/C=C/CC(F)(C(=O)O)C(F)(F)F. The molecule has 2 nitrogen and oxygen atoms in total. The van der Waals surface area contributed by atoms with Crippen molar-refractivity contribution in [2.75, 3.05) is 0 Å². The lowest BCUT2D eigenvalue weighted by molar-refractivity contribution is -0.235. The summed E-state index contributed by atoms with van der Waals surface area (Å²) >= 11 is 0. The first kappa shape index (κ1) is 14.9. The molecule has 0 rings (SSSR count). The van der Waals surface area contributed by atoms with Gasteiger partial charge in [0, 0.05) is 6.42 Å². The quantitative estimate of drug-likeness (QED) is 0.440. The van der Waals surface area contributed by atoms with E-state index in [0.717, 1.165) is 18.9 Å². The highest BCUT2D eigenvalue weighted by molar-refractivity contribution is 5.78. The topological polar surface area (TPSA) is 37.3 Å². The number of carboxylic acid groups (broad SMARTS) is 1. The number of hydrogen-bond acceptors (Lipinski definition) is 1. The third-order valence-corrected chi connectivity index (χ3v) is 2.08. The fourth-order valence-electron chi connectivity index (χ4n) is 1.01. The minimum Gasteiger partial charge on any atom is -0.479 e. The van der Waals surface area contributed by atoms with Crippen LogP contribution in [0.1, 0.15) is 32.6 Å². The summed E-state index contributed by atoms with van der Waals surface area (Å²) in [4.78, 5) is 10.3. The summed E-state index contributed by atoms with van der Waals surface area (Å²) < 4.78 is 49.6. The molecule has 0 fully saturated rings. The van der Waals surface area contributed by atoms with Gasteiger partial charge in [-0.25, -0.2) is 9.18 Å². The molecule has 0 aromatic heterocycles. The summed E-state index contributed by atoms with van der Waals surface area (Å²) in [5, 5.41) is 8.24. The molecular weight excluding hydrogens is 228 g/mol. The van der Waals surface area contributed by atoms with Crippen molar-refractivity contribution in [3.05, 3.63) is 12.2 Å². The Bertz CT molecular complexity index is 260. The number of carboxylic acids is 1. The zero-order chi connectivity index (χ0) is 12.8. The Hall–Kier alpha value is -1.07. The van der Waals surface area contributed by atoms with Gasteiger partial charge < -0.3 is 5.11 Å². The normalized spacial score (nSPS) is 16.3. The Kier molecular flexibility index (Phi) is 5.47. The lowest BCUT2D eigenvalue weighted by Crippen LogP contribution is -2.47. The Morgan fingerprint density at radius 3 is 2.19 bits per heavy atom. The van der Waals surface area contributed by atoms with Gasteiger partial charge in [0.25, 0.3) is 0 Å². The predicted octanol–water partition coefficient (Wildman–Crippen LogP) is 3.48. The maximum atomic E-state index is 13.2. The van der Waals surface area contributed by atoms with Gasteiger partial charge in [0.05, 0.1) is 0 Å². The lowest BCUT2D eigenvalue weighted by Gasteiger charge is -2.21. The third-order valence-electron chi connectivity index (χ3n) is 2.08. The molecular formula is C10H14F4O2. The molecule has 0 aliphatic rings. The molecule has 94 valence electrons. The van der Waals surface area contributed by atoms with E-state index in [9.17, 15) is 22.4 Å². The molecule has 0 aliphatic heterocycles.